The minimum Gasteiger partial charge on any atom is -0.339 e. The van der Waals surface area contributed by atoms with Gasteiger partial charge in [0.2, 0.25) is 0 Å². The summed E-state index contributed by atoms with van der Waals surface area (Å²) in [4.78, 5) is 11.2. The Morgan fingerprint density at radius 3 is 1.40 bits per heavy atom. The van der Waals surface area contributed by atoms with E-state index in [1.165, 1.54) is 116 Å². The van der Waals surface area contributed by atoms with E-state index in [9.17, 15) is 0 Å². The van der Waals surface area contributed by atoms with Crippen LogP contribution < -0.4 is 9.80 Å². The number of hydrogen-bond acceptors (Lipinski definition) is 4. The molecule has 2 unspecified atom stereocenters. The van der Waals surface area contributed by atoms with Gasteiger partial charge in [0.15, 0.2) is 0 Å². The minimum atomic E-state index is 0.715. The van der Waals surface area contributed by atoms with E-state index in [1.807, 2.05) is 22.7 Å². The van der Waals surface area contributed by atoms with Crippen molar-refractivity contribution in [2.24, 2.45) is 11.8 Å². The molecule has 0 amide bonds. The Bertz CT molecular complexity index is 1400. The Morgan fingerprint density at radius 2 is 1.02 bits per heavy atom. The Kier molecular flexibility index (Phi) is 8.03. The number of fused-ring (bicyclic) bond motifs is 4. The number of rotatable bonds is 12. The summed E-state index contributed by atoms with van der Waals surface area (Å²) in [6, 6.07) is 14.7. The zero-order valence-electron chi connectivity index (χ0n) is 25.4. The molecule has 0 N–H and O–H groups in total. The fourth-order valence-corrected chi connectivity index (χ4v) is 9.17. The van der Waals surface area contributed by atoms with Crippen molar-refractivity contribution in [3.8, 4) is 20.9 Å². The summed E-state index contributed by atoms with van der Waals surface area (Å²) in [6.07, 6.45) is 10.3. The van der Waals surface area contributed by atoms with Gasteiger partial charge in [-0.15, -0.1) is 22.7 Å². The molecule has 4 heterocycles. The van der Waals surface area contributed by atoms with E-state index in [1.54, 1.807) is 0 Å². The summed E-state index contributed by atoms with van der Waals surface area (Å²) in [5, 5.41) is 2.97. The van der Waals surface area contributed by atoms with Crippen molar-refractivity contribution in [1.82, 2.24) is 0 Å². The molecule has 2 aromatic heterocycles. The molecular formula is C36H46N2S2. The molecule has 6 rings (SSSR count). The molecule has 2 aromatic carbocycles. The standard InChI is InChI=1S/C36H46N2S2/c1-7-11-13-25(9-3)21-37-29-17-15-28-34-30(18-16-27(33(29)34)35-31(37)19-23(5)39-35)38(22-26(10-4)14-12-8-2)32-20-24(6)40-36(28)32/h15-20,25-26H,7-14,21-22H2,1-6H3. The fourth-order valence-electron chi connectivity index (χ4n) is 7.08. The molecule has 0 aliphatic carbocycles. The molecule has 0 spiro atoms. The van der Waals surface area contributed by atoms with E-state index < -0.39 is 0 Å². The highest BCUT2D eigenvalue weighted by molar-refractivity contribution is 7.16. The number of thiophene rings is 2. The number of nitrogens with zero attached hydrogens (tertiary/aromatic N) is 2. The highest BCUT2D eigenvalue weighted by atomic mass is 32.1. The third-order valence-electron chi connectivity index (χ3n) is 9.41. The van der Waals surface area contributed by atoms with Crippen LogP contribution >= 0.6 is 22.7 Å². The molecule has 2 aliphatic heterocycles. The lowest BCUT2D eigenvalue weighted by atomic mass is 9.87. The van der Waals surface area contributed by atoms with Crippen LogP contribution in [0.25, 0.3) is 31.7 Å². The van der Waals surface area contributed by atoms with Crippen molar-refractivity contribution in [1.29, 1.82) is 0 Å². The maximum atomic E-state index is 2.70. The van der Waals surface area contributed by atoms with Gasteiger partial charge >= 0.3 is 0 Å². The lowest BCUT2D eigenvalue weighted by molar-refractivity contribution is 0.458. The zero-order valence-corrected chi connectivity index (χ0v) is 27.0. The molecule has 0 saturated heterocycles. The number of unbranched alkanes of at least 4 members (excludes halogenated alkanes) is 2. The van der Waals surface area contributed by atoms with Gasteiger partial charge in [0.05, 0.1) is 21.1 Å². The van der Waals surface area contributed by atoms with Gasteiger partial charge in [-0.25, -0.2) is 0 Å². The molecule has 2 nitrogen and oxygen atoms in total. The van der Waals surface area contributed by atoms with Crippen LogP contribution in [-0.2, 0) is 0 Å². The first-order chi connectivity index (χ1) is 19.5. The minimum absolute atomic E-state index is 0.715. The number of anilines is 4. The van der Waals surface area contributed by atoms with Crippen molar-refractivity contribution in [2.75, 3.05) is 22.9 Å². The second kappa shape index (κ2) is 11.5. The summed E-state index contributed by atoms with van der Waals surface area (Å²) in [5.74, 6) is 1.43. The summed E-state index contributed by atoms with van der Waals surface area (Å²) in [7, 11) is 0. The van der Waals surface area contributed by atoms with E-state index in [0.29, 0.717) is 11.8 Å². The average molecular weight is 571 g/mol. The van der Waals surface area contributed by atoms with Crippen LogP contribution in [0.3, 0.4) is 0 Å². The van der Waals surface area contributed by atoms with E-state index in [2.05, 4.69) is 87.7 Å². The highest BCUT2D eigenvalue weighted by Crippen LogP contribution is 2.59. The number of hydrogen-bond donors (Lipinski definition) is 0. The zero-order chi connectivity index (χ0) is 28.0. The lowest BCUT2D eigenvalue weighted by Crippen LogP contribution is -2.28. The van der Waals surface area contributed by atoms with E-state index in [0.717, 1.165) is 13.1 Å². The maximum Gasteiger partial charge on any atom is 0.0603 e. The van der Waals surface area contributed by atoms with Crippen LogP contribution in [0, 0.1) is 25.7 Å². The first-order valence-corrected chi connectivity index (χ1v) is 17.5. The van der Waals surface area contributed by atoms with Gasteiger partial charge in [-0.1, -0.05) is 78.4 Å². The van der Waals surface area contributed by atoms with Gasteiger partial charge in [-0.2, -0.15) is 0 Å². The van der Waals surface area contributed by atoms with Crippen LogP contribution in [0.15, 0.2) is 36.4 Å². The Morgan fingerprint density at radius 1 is 0.600 bits per heavy atom. The average Bonchev–Trinajstić information content (AvgIpc) is 3.55. The topological polar surface area (TPSA) is 6.48 Å². The smallest absolute Gasteiger partial charge is 0.0603 e. The lowest BCUT2D eigenvalue weighted by Gasteiger charge is -2.38. The fraction of sp³-hybridized carbons (Fsp3) is 0.500. The predicted molar refractivity (Wildman–Crippen MR) is 181 cm³/mol. The summed E-state index contributed by atoms with van der Waals surface area (Å²) < 4.78 is 0. The first-order valence-electron chi connectivity index (χ1n) is 15.8. The van der Waals surface area contributed by atoms with Gasteiger partial charge < -0.3 is 9.80 Å². The summed E-state index contributed by atoms with van der Waals surface area (Å²) >= 11 is 3.96. The van der Waals surface area contributed by atoms with Crippen LogP contribution in [0.2, 0.25) is 0 Å². The van der Waals surface area contributed by atoms with Crippen molar-refractivity contribution >= 4 is 56.2 Å². The van der Waals surface area contributed by atoms with Gasteiger partial charge in [-0.05, 0) is 62.8 Å². The van der Waals surface area contributed by atoms with E-state index >= 15 is 0 Å². The molecule has 0 saturated carbocycles. The van der Waals surface area contributed by atoms with Crippen molar-refractivity contribution in [2.45, 2.75) is 92.9 Å². The molecule has 4 heteroatoms. The molecule has 212 valence electrons. The van der Waals surface area contributed by atoms with Gasteiger partial charge in [0, 0.05) is 56.1 Å². The third kappa shape index (κ3) is 4.69. The largest absolute Gasteiger partial charge is 0.339 e. The van der Waals surface area contributed by atoms with Gasteiger partial charge in [0.1, 0.15) is 0 Å². The van der Waals surface area contributed by atoms with Crippen molar-refractivity contribution < 1.29 is 0 Å². The van der Waals surface area contributed by atoms with Crippen molar-refractivity contribution in [3.05, 3.63) is 46.2 Å². The van der Waals surface area contributed by atoms with Crippen molar-refractivity contribution in [3.63, 3.8) is 0 Å². The number of benzene rings is 2. The summed E-state index contributed by atoms with van der Waals surface area (Å²) in [5.41, 5.74) is 8.58. The maximum absolute atomic E-state index is 2.70. The molecule has 40 heavy (non-hydrogen) atoms. The summed E-state index contributed by atoms with van der Waals surface area (Å²) in [6.45, 7) is 16.2. The van der Waals surface area contributed by atoms with Crippen LogP contribution in [-0.4, -0.2) is 13.1 Å². The van der Waals surface area contributed by atoms with Crippen LogP contribution in [0.5, 0.6) is 0 Å². The second-order valence-corrected chi connectivity index (χ2v) is 14.7. The second-order valence-electron chi connectivity index (χ2n) is 12.2. The van der Waals surface area contributed by atoms with Gasteiger partial charge in [-0.3, -0.25) is 0 Å². The number of aryl methyl sites for hydroxylation is 2. The van der Waals surface area contributed by atoms with Crippen LogP contribution in [0.4, 0.5) is 22.7 Å². The molecule has 2 aliphatic rings. The normalized spacial score (nSPS) is 14.9. The van der Waals surface area contributed by atoms with Gasteiger partial charge in [0.25, 0.3) is 0 Å². The molecule has 0 radical (unpaired) electrons. The quantitative estimate of drug-likeness (QED) is 0.167. The van der Waals surface area contributed by atoms with E-state index in [-0.39, 0.29) is 0 Å². The Labute approximate surface area is 250 Å². The molecular weight excluding hydrogens is 525 g/mol. The predicted octanol–water partition coefficient (Wildman–Crippen LogP) is 12.2. The Balaban J connectivity index is 1.55. The first kappa shape index (κ1) is 27.8. The molecule has 2 atom stereocenters. The van der Waals surface area contributed by atoms with E-state index in [4.69, 9.17) is 0 Å². The molecule has 0 fully saturated rings. The molecule has 4 aromatic rings. The SMILES string of the molecule is CCCCC(CC)CN1c2cc(C)sc2-c2ccc3c4c(ccc1c24)-c1sc(C)cc1N3CC(CC)CCCC. The highest BCUT2D eigenvalue weighted by Gasteiger charge is 2.34. The Hall–Kier alpha value is -2.30. The monoisotopic (exact) mass is 570 g/mol. The third-order valence-corrected chi connectivity index (χ3v) is 11.6. The molecule has 0 bridgehead atoms. The van der Waals surface area contributed by atoms with Crippen LogP contribution in [0.1, 0.15) is 88.8 Å².